The molecule has 0 aromatic heterocycles. The van der Waals surface area contributed by atoms with E-state index in [1.807, 2.05) is 43.3 Å². The Morgan fingerprint density at radius 3 is 1.96 bits per heavy atom. The van der Waals surface area contributed by atoms with Gasteiger partial charge in [0.1, 0.15) is 11.6 Å². The zero-order valence-electron chi connectivity index (χ0n) is 13.3. The van der Waals surface area contributed by atoms with E-state index in [0.717, 1.165) is 11.4 Å². The number of benzene rings is 2. The van der Waals surface area contributed by atoms with Gasteiger partial charge in [-0.2, -0.15) is 15.5 Å². The van der Waals surface area contributed by atoms with Crippen molar-refractivity contribution in [1.29, 1.82) is 5.26 Å². The summed E-state index contributed by atoms with van der Waals surface area (Å²) in [7, 11) is 3.93. The average molecular weight is 320 g/mol. The van der Waals surface area contributed by atoms with Gasteiger partial charge in [0, 0.05) is 19.8 Å². The number of carbonyl (C=O) groups is 1. The number of carboxylic acid groups (broad SMARTS) is 1. The Bertz CT molecular complexity index is 814. The molecule has 2 rings (SSSR count). The molecule has 0 heterocycles. The van der Waals surface area contributed by atoms with Crippen LogP contribution >= 0.6 is 0 Å². The molecule has 24 heavy (non-hydrogen) atoms. The van der Waals surface area contributed by atoms with Crippen molar-refractivity contribution >= 4 is 29.1 Å². The molecule has 0 bridgehead atoms. The van der Waals surface area contributed by atoms with Gasteiger partial charge in [-0.25, -0.2) is 4.79 Å². The summed E-state index contributed by atoms with van der Waals surface area (Å²) in [4.78, 5) is 12.8. The molecule has 0 aliphatic carbocycles. The van der Waals surface area contributed by atoms with Gasteiger partial charge in [-0.3, -0.25) is 0 Å². The summed E-state index contributed by atoms with van der Waals surface area (Å²) >= 11 is 0. The lowest BCUT2D eigenvalue weighted by atomic mass is 10.1. The Morgan fingerprint density at radius 2 is 1.54 bits per heavy atom. The first kappa shape index (κ1) is 16.9. The summed E-state index contributed by atoms with van der Waals surface area (Å²) in [6.07, 6.45) is 1.31. The van der Waals surface area contributed by atoms with E-state index in [1.54, 1.807) is 30.3 Å². The van der Waals surface area contributed by atoms with Crippen LogP contribution in [0.3, 0.4) is 0 Å². The van der Waals surface area contributed by atoms with E-state index in [-0.39, 0.29) is 5.57 Å². The lowest BCUT2D eigenvalue weighted by Crippen LogP contribution is -2.07. The fourth-order valence-electron chi connectivity index (χ4n) is 1.88. The van der Waals surface area contributed by atoms with E-state index in [0.29, 0.717) is 11.3 Å². The monoisotopic (exact) mass is 320 g/mol. The number of azo groups is 1. The van der Waals surface area contributed by atoms with Gasteiger partial charge in [0.25, 0.3) is 0 Å². The van der Waals surface area contributed by atoms with Gasteiger partial charge in [-0.1, -0.05) is 12.1 Å². The minimum absolute atomic E-state index is 0.314. The predicted molar refractivity (Wildman–Crippen MR) is 92.6 cm³/mol. The van der Waals surface area contributed by atoms with Crippen LogP contribution in [-0.4, -0.2) is 25.2 Å². The zero-order valence-corrected chi connectivity index (χ0v) is 13.3. The number of hydrogen-bond donors (Lipinski definition) is 1. The van der Waals surface area contributed by atoms with Crippen LogP contribution in [0, 0.1) is 11.3 Å². The molecule has 0 saturated carbocycles. The number of hydrogen-bond acceptors (Lipinski definition) is 5. The van der Waals surface area contributed by atoms with E-state index in [1.165, 1.54) is 6.08 Å². The minimum Gasteiger partial charge on any atom is -0.477 e. The van der Waals surface area contributed by atoms with E-state index in [9.17, 15) is 4.79 Å². The van der Waals surface area contributed by atoms with Crippen LogP contribution in [0.2, 0.25) is 0 Å². The van der Waals surface area contributed by atoms with Gasteiger partial charge >= 0.3 is 5.97 Å². The molecule has 0 aliphatic heterocycles. The van der Waals surface area contributed by atoms with E-state index in [2.05, 4.69) is 10.2 Å². The molecule has 0 saturated heterocycles. The Hall–Kier alpha value is -3.46. The van der Waals surface area contributed by atoms with Crippen molar-refractivity contribution < 1.29 is 9.90 Å². The van der Waals surface area contributed by atoms with Crippen LogP contribution in [0.25, 0.3) is 6.08 Å². The van der Waals surface area contributed by atoms with Gasteiger partial charge in [0.2, 0.25) is 0 Å². The maximum atomic E-state index is 10.8. The van der Waals surface area contributed by atoms with Crippen molar-refractivity contribution in [2.24, 2.45) is 10.2 Å². The zero-order chi connectivity index (χ0) is 17.5. The molecule has 120 valence electrons. The highest BCUT2D eigenvalue weighted by Gasteiger charge is 2.05. The fourth-order valence-corrected chi connectivity index (χ4v) is 1.88. The Morgan fingerprint density at radius 1 is 1.04 bits per heavy atom. The highest BCUT2D eigenvalue weighted by molar-refractivity contribution is 5.96. The third-order valence-electron chi connectivity index (χ3n) is 3.20. The second-order valence-corrected chi connectivity index (χ2v) is 5.18. The van der Waals surface area contributed by atoms with Crippen LogP contribution in [0.15, 0.2) is 64.3 Å². The molecule has 0 aliphatic rings. The summed E-state index contributed by atoms with van der Waals surface area (Å²) in [6, 6.07) is 16.1. The maximum absolute atomic E-state index is 10.8. The lowest BCUT2D eigenvalue weighted by Gasteiger charge is -2.11. The average Bonchev–Trinajstić information content (AvgIpc) is 2.59. The molecule has 0 fully saturated rings. The molecule has 2 aromatic rings. The van der Waals surface area contributed by atoms with E-state index < -0.39 is 5.97 Å². The predicted octanol–water partition coefficient (Wildman–Crippen LogP) is 4.16. The van der Waals surface area contributed by atoms with Gasteiger partial charge < -0.3 is 10.0 Å². The van der Waals surface area contributed by atoms with Crippen molar-refractivity contribution in [3.63, 3.8) is 0 Å². The molecule has 0 unspecified atom stereocenters. The smallest absolute Gasteiger partial charge is 0.346 e. The first-order chi connectivity index (χ1) is 11.5. The molecule has 0 spiro atoms. The number of nitriles is 1. The second-order valence-electron chi connectivity index (χ2n) is 5.18. The maximum Gasteiger partial charge on any atom is 0.346 e. The first-order valence-electron chi connectivity index (χ1n) is 7.14. The molecule has 6 nitrogen and oxygen atoms in total. The van der Waals surface area contributed by atoms with Crippen LogP contribution in [0.5, 0.6) is 0 Å². The third kappa shape index (κ3) is 4.52. The molecular weight excluding hydrogens is 304 g/mol. The third-order valence-corrected chi connectivity index (χ3v) is 3.20. The number of anilines is 1. The minimum atomic E-state index is -1.25. The number of rotatable bonds is 5. The highest BCUT2D eigenvalue weighted by atomic mass is 16.4. The standard InChI is InChI=1S/C18H16N4O2/c1-22(2)17-9-7-16(8-10-17)21-20-15-5-3-13(4-6-15)11-14(12-19)18(23)24/h3-11H,1-2H3,(H,23,24)/b14-11+,21-20?. The number of aliphatic carboxylic acids is 1. The van der Waals surface area contributed by atoms with Crippen LogP contribution in [-0.2, 0) is 4.79 Å². The summed E-state index contributed by atoms with van der Waals surface area (Å²) in [6.45, 7) is 0. The fraction of sp³-hybridized carbons (Fsp3) is 0.111. The van der Waals surface area contributed by atoms with E-state index in [4.69, 9.17) is 10.4 Å². The molecule has 0 atom stereocenters. The molecular formula is C18H16N4O2. The topological polar surface area (TPSA) is 89.0 Å². The van der Waals surface area contributed by atoms with Crippen LogP contribution in [0.1, 0.15) is 5.56 Å². The Labute approximate surface area is 140 Å². The number of nitrogens with zero attached hydrogens (tertiary/aromatic N) is 4. The molecule has 1 N–H and O–H groups in total. The summed E-state index contributed by atoms with van der Waals surface area (Å²) in [5, 5.41) is 25.9. The molecule has 2 aromatic carbocycles. The Balaban J connectivity index is 2.11. The molecule has 0 radical (unpaired) electrons. The number of carboxylic acids is 1. The highest BCUT2D eigenvalue weighted by Crippen LogP contribution is 2.22. The van der Waals surface area contributed by atoms with Gasteiger partial charge in [-0.15, -0.1) is 0 Å². The summed E-state index contributed by atoms with van der Waals surface area (Å²) in [5.41, 5.74) is 2.75. The quantitative estimate of drug-likeness (QED) is 0.509. The van der Waals surface area contributed by atoms with Crippen molar-refractivity contribution in [1.82, 2.24) is 0 Å². The molecule has 6 heteroatoms. The summed E-state index contributed by atoms with van der Waals surface area (Å²) < 4.78 is 0. The van der Waals surface area contributed by atoms with Gasteiger partial charge in [0.05, 0.1) is 11.4 Å². The SMILES string of the molecule is CN(C)c1ccc(N=Nc2ccc(/C=C(\C#N)C(=O)O)cc2)cc1. The van der Waals surface area contributed by atoms with Gasteiger partial charge in [-0.05, 0) is 48.0 Å². The largest absolute Gasteiger partial charge is 0.477 e. The lowest BCUT2D eigenvalue weighted by molar-refractivity contribution is -0.132. The first-order valence-corrected chi connectivity index (χ1v) is 7.14. The van der Waals surface area contributed by atoms with E-state index >= 15 is 0 Å². The molecule has 0 amide bonds. The van der Waals surface area contributed by atoms with Gasteiger partial charge in [0.15, 0.2) is 0 Å². The van der Waals surface area contributed by atoms with Crippen LogP contribution in [0.4, 0.5) is 17.1 Å². The summed E-state index contributed by atoms with van der Waals surface area (Å²) in [5.74, 6) is -1.25. The van der Waals surface area contributed by atoms with Crippen molar-refractivity contribution in [3.8, 4) is 6.07 Å². The second kappa shape index (κ2) is 7.70. The van der Waals surface area contributed by atoms with Crippen molar-refractivity contribution in [3.05, 3.63) is 59.7 Å². The van der Waals surface area contributed by atoms with Crippen LogP contribution < -0.4 is 4.90 Å². The Kier molecular flexibility index (Phi) is 5.42. The van der Waals surface area contributed by atoms with Crippen molar-refractivity contribution in [2.75, 3.05) is 19.0 Å². The van der Waals surface area contributed by atoms with Crippen molar-refractivity contribution in [2.45, 2.75) is 0 Å². The normalized spacial score (nSPS) is 11.3.